The van der Waals surface area contributed by atoms with E-state index in [0.29, 0.717) is 16.1 Å². The van der Waals surface area contributed by atoms with Crippen LogP contribution in [0.2, 0.25) is 0 Å². The lowest BCUT2D eigenvalue weighted by atomic mass is 10.0. The monoisotopic (exact) mass is 365 g/mol. The molecule has 0 unspecified atom stereocenters. The normalized spacial score (nSPS) is 10.6. The van der Waals surface area contributed by atoms with Gasteiger partial charge in [-0.1, -0.05) is 35.9 Å². The number of carboxylic acid groups (broad SMARTS) is 1. The number of carbonyl (C=O) groups is 2. The van der Waals surface area contributed by atoms with E-state index >= 15 is 0 Å². The van der Waals surface area contributed by atoms with Crippen LogP contribution in [-0.2, 0) is 0 Å². The van der Waals surface area contributed by atoms with Crippen molar-refractivity contribution >= 4 is 28.2 Å². The minimum absolute atomic E-state index is 0.121. The highest BCUT2D eigenvalue weighted by atomic mass is 32.1. The first-order valence-corrected chi connectivity index (χ1v) is 9.05. The number of nitrogens with one attached hydrogen (secondary N) is 1. The summed E-state index contributed by atoms with van der Waals surface area (Å²) in [6.07, 6.45) is 0. The Kier molecular flexibility index (Phi) is 4.91. The van der Waals surface area contributed by atoms with E-state index in [9.17, 15) is 14.7 Å². The number of thiophene rings is 1. The lowest BCUT2D eigenvalue weighted by molar-refractivity contribution is 0.0699. The summed E-state index contributed by atoms with van der Waals surface area (Å²) in [4.78, 5) is 24.4. The van der Waals surface area contributed by atoms with Gasteiger partial charge in [-0.05, 0) is 49.6 Å². The number of rotatable bonds is 4. The van der Waals surface area contributed by atoms with Gasteiger partial charge in [0.2, 0.25) is 0 Å². The van der Waals surface area contributed by atoms with E-state index in [-0.39, 0.29) is 11.5 Å². The maximum absolute atomic E-state index is 12.5. The molecule has 3 aromatic rings. The number of amides is 1. The van der Waals surface area contributed by atoms with Crippen LogP contribution in [-0.4, -0.2) is 17.0 Å². The van der Waals surface area contributed by atoms with Crippen molar-refractivity contribution in [2.75, 3.05) is 5.32 Å². The van der Waals surface area contributed by atoms with Crippen molar-refractivity contribution in [3.8, 4) is 11.1 Å². The summed E-state index contributed by atoms with van der Waals surface area (Å²) < 4.78 is 0. The van der Waals surface area contributed by atoms with Crippen LogP contribution >= 0.6 is 11.3 Å². The summed E-state index contributed by atoms with van der Waals surface area (Å²) in [5.74, 6) is -1.37. The van der Waals surface area contributed by atoms with Gasteiger partial charge in [0.25, 0.3) is 5.91 Å². The summed E-state index contributed by atoms with van der Waals surface area (Å²) in [5, 5.41) is 14.5. The van der Waals surface area contributed by atoms with Gasteiger partial charge in [-0.3, -0.25) is 4.79 Å². The molecule has 5 heteroatoms. The number of carboxylic acids is 1. The Hall–Kier alpha value is -2.92. The van der Waals surface area contributed by atoms with Crippen LogP contribution in [0.4, 0.5) is 5.00 Å². The SMILES string of the molecule is Cc1ccc(-c2csc(NC(=O)c3ccc(C)c(C)c3)c2C(=O)O)cc1. The van der Waals surface area contributed by atoms with Gasteiger partial charge in [0, 0.05) is 16.5 Å². The Morgan fingerprint density at radius 2 is 1.65 bits per heavy atom. The summed E-state index contributed by atoms with van der Waals surface area (Å²) in [6.45, 7) is 5.90. The average Bonchev–Trinajstić information content (AvgIpc) is 3.01. The first kappa shape index (κ1) is 17.9. The second-order valence-corrected chi connectivity index (χ2v) is 7.16. The predicted octanol–water partition coefficient (Wildman–Crippen LogP) is 5.29. The van der Waals surface area contributed by atoms with Crippen molar-refractivity contribution in [3.63, 3.8) is 0 Å². The lowest BCUT2D eigenvalue weighted by Gasteiger charge is -2.08. The summed E-state index contributed by atoms with van der Waals surface area (Å²) in [7, 11) is 0. The molecule has 26 heavy (non-hydrogen) atoms. The van der Waals surface area contributed by atoms with Gasteiger partial charge in [-0.25, -0.2) is 4.79 Å². The second kappa shape index (κ2) is 7.14. The van der Waals surface area contributed by atoms with Crippen LogP contribution in [0.5, 0.6) is 0 Å². The van der Waals surface area contributed by atoms with Crippen molar-refractivity contribution < 1.29 is 14.7 Å². The zero-order valence-electron chi connectivity index (χ0n) is 14.8. The van der Waals surface area contributed by atoms with E-state index < -0.39 is 5.97 Å². The van der Waals surface area contributed by atoms with Gasteiger partial charge in [-0.2, -0.15) is 0 Å². The van der Waals surface area contributed by atoms with Gasteiger partial charge in [0.15, 0.2) is 0 Å². The molecule has 0 saturated carbocycles. The molecule has 0 bridgehead atoms. The van der Waals surface area contributed by atoms with Crippen molar-refractivity contribution in [2.24, 2.45) is 0 Å². The fourth-order valence-corrected chi connectivity index (χ4v) is 3.62. The van der Waals surface area contributed by atoms with Crippen LogP contribution in [0.25, 0.3) is 11.1 Å². The molecule has 0 fully saturated rings. The van der Waals surface area contributed by atoms with Gasteiger partial charge in [0.1, 0.15) is 10.6 Å². The lowest BCUT2D eigenvalue weighted by Crippen LogP contribution is -2.13. The van der Waals surface area contributed by atoms with E-state index in [1.165, 1.54) is 11.3 Å². The average molecular weight is 365 g/mol. The van der Waals surface area contributed by atoms with Gasteiger partial charge < -0.3 is 10.4 Å². The van der Waals surface area contributed by atoms with Crippen LogP contribution in [0.15, 0.2) is 47.8 Å². The largest absolute Gasteiger partial charge is 0.478 e. The molecule has 0 radical (unpaired) electrons. The molecule has 2 N–H and O–H groups in total. The number of benzene rings is 2. The quantitative estimate of drug-likeness (QED) is 0.660. The van der Waals surface area contributed by atoms with Crippen molar-refractivity contribution in [1.29, 1.82) is 0 Å². The fraction of sp³-hybridized carbons (Fsp3) is 0.143. The highest BCUT2D eigenvalue weighted by Gasteiger charge is 2.21. The smallest absolute Gasteiger partial charge is 0.339 e. The summed E-state index contributed by atoms with van der Waals surface area (Å²) >= 11 is 1.22. The highest BCUT2D eigenvalue weighted by Crippen LogP contribution is 2.36. The zero-order valence-corrected chi connectivity index (χ0v) is 15.6. The standard InChI is InChI=1S/C21H19NO3S/c1-12-4-7-15(8-5-12)17-11-26-20(18(17)21(24)25)22-19(23)16-9-6-13(2)14(3)10-16/h4-11H,1-3H3,(H,22,23)(H,24,25). The molecular formula is C21H19NO3S. The first-order valence-electron chi connectivity index (χ1n) is 8.17. The molecule has 0 atom stereocenters. The Balaban J connectivity index is 1.95. The third kappa shape index (κ3) is 3.53. The van der Waals surface area contributed by atoms with Gasteiger partial charge in [-0.15, -0.1) is 11.3 Å². The highest BCUT2D eigenvalue weighted by molar-refractivity contribution is 7.15. The Labute approximate surface area is 156 Å². The maximum Gasteiger partial charge on any atom is 0.339 e. The first-order chi connectivity index (χ1) is 12.4. The minimum Gasteiger partial charge on any atom is -0.478 e. The van der Waals surface area contributed by atoms with Crippen molar-refractivity contribution in [2.45, 2.75) is 20.8 Å². The third-order valence-corrected chi connectivity index (χ3v) is 5.26. The molecule has 132 valence electrons. The number of hydrogen-bond acceptors (Lipinski definition) is 3. The Morgan fingerprint density at radius 1 is 0.962 bits per heavy atom. The van der Waals surface area contributed by atoms with Crippen molar-refractivity contribution in [3.05, 3.63) is 75.7 Å². The second-order valence-electron chi connectivity index (χ2n) is 6.28. The van der Waals surface area contributed by atoms with E-state index in [1.807, 2.05) is 51.1 Å². The number of aromatic carboxylic acids is 1. The van der Waals surface area contributed by atoms with Crippen molar-refractivity contribution in [1.82, 2.24) is 0 Å². The molecule has 0 aliphatic rings. The van der Waals surface area contributed by atoms with E-state index in [1.54, 1.807) is 17.5 Å². The van der Waals surface area contributed by atoms with E-state index in [4.69, 9.17) is 0 Å². The molecule has 3 rings (SSSR count). The van der Waals surface area contributed by atoms with Crippen LogP contribution in [0, 0.1) is 20.8 Å². The topological polar surface area (TPSA) is 66.4 Å². The maximum atomic E-state index is 12.5. The van der Waals surface area contributed by atoms with Crippen LogP contribution in [0.1, 0.15) is 37.4 Å². The Morgan fingerprint density at radius 3 is 2.27 bits per heavy atom. The molecule has 1 heterocycles. The van der Waals surface area contributed by atoms with E-state index in [0.717, 1.165) is 22.3 Å². The number of hydrogen-bond donors (Lipinski definition) is 2. The Bertz CT molecular complexity index is 987. The van der Waals surface area contributed by atoms with E-state index in [2.05, 4.69) is 5.32 Å². The summed E-state index contributed by atoms with van der Waals surface area (Å²) in [6, 6.07) is 13.1. The third-order valence-electron chi connectivity index (χ3n) is 4.36. The molecule has 4 nitrogen and oxygen atoms in total. The molecule has 0 saturated heterocycles. The molecule has 1 aromatic heterocycles. The molecule has 1 amide bonds. The molecular weight excluding hydrogens is 346 g/mol. The van der Waals surface area contributed by atoms with Gasteiger partial charge in [0.05, 0.1) is 0 Å². The number of aryl methyl sites for hydroxylation is 3. The molecule has 2 aromatic carbocycles. The van der Waals surface area contributed by atoms with Crippen LogP contribution in [0.3, 0.4) is 0 Å². The fourth-order valence-electron chi connectivity index (χ4n) is 2.67. The predicted molar refractivity (Wildman–Crippen MR) is 105 cm³/mol. The molecule has 0 aliphatic carbocycles. The molecule has 0 aliphatic heterocycles. The number of anilines is 1. The van der Waals surface area contributed by atoms with Crippen LogP contribution < -0.4 is 5.32 Å². The summed E-state index contributed by atoms with van der Waals surface area (Å²) in [5.41, 5.74) is 5.27. The molecule has 0 spiro atoms. The van der Waals surface area contributed by atoms with Gasteiger partial charge >= 0.3 is 5.97 Å². The zero-order chi connectivity index (χ0) is 18.8. The number of carbonyl (C=O) groups excluding carboxylic acids is 1. The minimum atomic E-state index is -1.06.